The Labute approximate surface area is 202 Å². The number of nitrogen functional groups attached to an aromatic ring is 1. The van der Waals surface area contributed by atoms with E-state index >= 15 is 0 Å². The summed E-state index contributed by atoms with van der Waals surface area (Å²) in [5, 5.41) is 20.5. The van der Waals surface area contributed by atoms with Crippen molar-refractivity contribution in [3.05, 3.63) is 11.9 Å². The second kappa shape index (κ2) is 11.0. The summed E-state index contributed by atoms with van der Waals surface area (Å²) in [6.07, 6.45) is 2.98. The number of imidazole rings is 1. The molecule has 3 heterocycles. The Hall–Kier alpha value is -3.25. The number of nitrogens with two attached hydrogens (primary N) is 1. The fourth-order valence-corrected chi connectivity index (χ4v) is 3.62. The van der Waals surface area contributed by atoms with E-state index in [1.807, 2.05) is 11.5 Å². The number of nitrogens with zero attached hydrogens (tertiary/aromatic N) is 5. The molecule has 0 aromatic carbocycles. The van der Waals surface area contributed by atoms with Gasteiger partial charge in [0.05, 0.1) is 18.6 Å². The molecular formula is C21H29N7O6S. The van der Waals surface area contributed by atoms with Crippen molar-refractivity contribution < 1.29 is 27.4 Å². The number of aromatic nitrogens is 5. The maximum absolute atomic E-state index is 10.7. The molecule has 0 bridgehead atoms. The van der Waals surface area contributed by atoms with Gasteiger partial charge in [0.2, 0.25) is 0 Å². The van der Waals surface area contributed by atoms with Crippen molar-refractivity contribution in [2.75, 3.05) is 31.2 Å². The number of aryl methyl sites for hydroxylation is 1. The van der Waals surface area contributed by atoms with Crippen molar-refractivity contribution in [3.8, 4) is 29.1 Å². The standard InChI is InChI=1S/C21H29N7O6S/c1-4-28-18-15(33-11-6-5-9-23-10-12-35(30,31)32)13-24-14(7-8-21(2,3)29)16(18)25-20(28)17-19(22)27-34-26-17/h13,23,29H,4-6,9-12H2,1-3H3,(H2,22,27)(H,30,31,32). The van der Waals surface area contributed by atoms with Gasteiger partial charge in [-0.25, -0.2) is 14.6 Å². The van der Waals surface area contributed by atoms with Crippen molar-refractivity contribution in [2.24, 2.45) is 0 Å². The van der Waals surface area contributed by atoms with E-state index in [0.717, 1.165) is 6.42 Å². The van der Waals surface area contributed by atoms with Gasteiger partial charge in [-0.3, -0.25) is 4.55 Å². The van der Waals surface area contributed by atoms with E-state index in [1.54, 1.807) is 20.0 Å². The lowest BCUT2D eigenvalue weighted by atomic mass is 10.1. The molecule has 3 aromatic heterocycles. The molecule has 3 rings (SSSR count). The molecule has 190 valence electrons. The number of hydrogen-bond acceptors (Lipinski definition) is 11. The minimum Gasteiger partial charge on any atom is -0.490 e. The number of anilines is 1. The molecule has 0 amide bonds. The van der Waals surface area contributed by atoms with E-state index in [0.29, 0.717) is 54.4 Å². The smallest absolute Gasteiger partial charge is 0.266 e. The third-order valence-electron chi connectivity index (χ3n) is 4.81. The first kappa shape index (κ1) is 26.4. The Morgan fingerprint density at radius 3 is 2.69 bits per heavy atom. The molecule has 0 unspecified atom stereocenters. The molecular weight excluding hydrogens is 478 g/mol. The van der Waals surface area contributed by atoms with Crippen molar-refractivity contribution in [1.29, 1.82) is 0 Å². The second-order valence-electron chi connectivity index (χ2n) is 8.25. The van der Waals surface area contributed by atoms with Gasteiger partial charge in [-0.05, 0) is 56.4 Å². The van der Waals surface area contributed by atoms with Crippen LogP contribution in [0.2, 0.25) is 0 Å². The van der Waals surface area contributed by atoms with E-state index in [1.165, 1.54) is 0 Å². The fraction of sp³-hybridized carbons (Fsp3) is 0.524. The first-order valence-corrected chi connectivity index (χ1v) is 12.6. The van der Waals surface area contributed by atoms with E-state index in [-0.39, 0.29) is 23.8 Å². The summed E-state index contributed by atoms with van der Waals surface area (Å²) in [6.45, 7) is 6.72. The Kier molecular flexibility index (Phi) is 8.28. The molecule has 0 radical (unpaired) electrons. The number of fused-ring (bicyclic) bond motifs is 1. The highest BCUT2D eigenvalue weighted by molar-refractivity contribution is 7.85. The van der Waals surface area contributed by atoms with E-state index in [4.69, 9.17) is 19.7 Å². The van der Waals surface area contributed by atoms with Crippen molar-refractivity contribution in [1.82, 2.24) is 30.2 Å². The molecule has 0 spiro atoms. The van der Waals surface area contributed by atoms with E-state index < -0.39 is 15.7 Å². The number of pyridine rings is 1. The van der Waals surface area contributed by atoms with Crippen molar-refractivity contribution in [3.63, 3.8) is 0 Å². The van der Waals surface area contributed by atoms with Crippen LogP contribution in [0.1, 0.15) is 39.3 Å². The molecule has 0 saturated carbocycles. The van der Waals surface area contributed by atoms with Crippen LogP contribution in [-0.2, 0) is 16.7 Å². The minimum atomic E-state index is -3.97. The summed E-state index contributed by atoms with van der Waals surface area (Å²) in [6, 6.07) is 0. The number of hydrogen-bond donors (Lipinski definition) is 4. The predicted molar refractivity (Wildman–Crippen MR) is 128 cm³/mol. The Bertz CT molecular complexity index is 1330. The van der Waals surface area contributed by atoms with Gasteiger partial charge in [-0.2, -0.15) is 8.42 Å². The largest absolute Gasteiger partial charge is 0.490 e. The lowest BCUT2D eigenvalue weighted by Gasteiger charge is -2.11. The normalized spacial score (nSPS) is 12.0. The van der Waals surface area contributed by atoms with Crippen LogP contribution >= 0.6 is 0 Å². The summed E-state index contributed by atoms with van der Waals surface area (Å²) >= 11 is 0. The molecule has 0 saturated heterocycles. The lowest BCUT2D eigenvalue weighted by Crippen LogP contribution is -2.23. The molecule has 35 heavy (non-hydrogen) atoms. The van der Waals surface area contributed by atoms with Crippen LogP contribution in [0.4, 0.5) is 5.82 Å². The highest BCUT2D eigenvalue weighted by Gasteiger charge is 2.23. The zero-order valence-electron chi connectivity index (χ0n) is 19.8. The Balaban J connectivity index is 1.83. The van der Waals surface area contributed by atoms with Gasteiger partial charge in [0, 0.05) is 13.1 Å². The molecule has 0 aliphatic heterocycles. The van der Waals surface area contributed by atoms with Gasteiger partial charge < -0.3 is 25.5 Å². The lowest BCUT2D eigenvalue weighted by molar-refractivity contribution is 0.143. The second-order valence-corrected chi connectivity index (χ2v) is 9.82. The Morgan fingerprint density at radius 1 is 1.29 bits per heavy atom. The van der Waals surface area contributed by atoms with Gasteiger partial charge in [0.15, 0.2) is 23.1 Å². The third-order valence-corrected chi connectivity index (χ3v) is 5.53. The van der Waals surface area contributed by atoms with Crippen LogP contribution in [0.3, 0.4) is 0 Å². The molecule has 5 N–H and O–H groups in total. The van der Waals surface area contributed by atoms with Crippen LogP contribution in [0.5, 0.6) is 5.75 Å². The summed E-state index contributed by atoms with van der Waals surface area (Å²) in [5.74, 6) is 6.31. The van der Waals surface area contributed by atoms with E-state index in [2.05, 4.69) is 37.4 Å². The Morgan fingerprint density at radius 2 is 2.06 bits per heavy atom. The van der Waals surface area contributed by atoms with Crippen LogP contribution in [0, 0.1) is 11.8 Å². The summed E-state index contributed by atoms with van der Waals surface area (Å²) in [4.78, 5) is 9.06. The number of nitrogens with one attached hydrogen (secondary N) is 1. The van der Waals surface area contributed by atoms with Crippen molar-refractivity contribution >= 4 is 27.0 Å². The average Bonchev–Trinajstić information content (AvgIpc) is 3.36. The van der Waals surface area contributed by atoms with Gasteiger partial charge in [-0.15, -0.1) is 0 Å². The van der Waals surface area contributed by atoms with Gasteiger partial charge in [0.1, 0.15) is 22.3 Å². The summed E-state index contributed by atoms with van der Waals surface area (Å²) < 4.78 is 42.8. The van der Waals surface area contributed by atoms with Gasteiger partial charge in [-0.1, -0.05) is 5.92 Å². The molecule has 0 aliphatic rings. The zero-order chi connectivity index (χ0) is 25.6. The number of aliphatic hydroxyl groups is 1. The SMILES string of the molecule is CCn1c(-c2nonc2N)nc2c(C#CC(C)(C)O)ncc(OCCCCNCCS(=O)(=O)O)c21. The average molecular weight is 508 g/mol. The maximum atomic E-state index is 10.7. The van der Waals surface area contributed by atoms with Crippen LogP contribution in [-0.4, -0.2) is 74.0 Å². The number of ether oxygens (including phenoxy) is 1. The molecule has 3 aromatic rings. The highest BCUT2D eigenvalue weighted by atomic mass is 32.2. The monoisotopic (exact) mass is 507 g/mol. The predicted octanol–water partition coefficient (Wildman–Crippen LogP) is 0.842. The van der Waals surface area contributed by atoms with E-state index in [9.17, 15) is 13.5 Å². The van der Waals surface area contributed by atoms with Gasteiger partial charge in [0.25, 0.3) is 10.1 Å². The first-order chi connectivity index (χ1) is 16.5. The molecule has 14 heteroatoms. The van der Waals surface area contributed by atoms with Crippen LogP contribution in [0.15, 0.2) is 10.8 Å². The quantitative estimate of drug-likeness (QED) is 0.163. The van der Waals surface area contributed by atoms with Crippen molar-refractivity contribution in [2.45, 2.75) is 45.8 Å². The first-order valence-electron chi connectivity index (χ1n) is 11.0. The summed E-state index contributed by atoms with van der Waals surface area (Å²) in [5.41, 5.74) is 6.44. The van der Waals surface area contributed by atoms with Crippen LogP contribution < -0.4 is 15.8 Å². The number of unbranched alkanes of at least 4 members (excludes halogenated alkanes) is 1. The molecule has 13 nitrogen and oxygen atoms in total. The molecule has 0 aliphatic carbocycles. The highest BCUT2D eigenvalue weighted by Crippen LogP contribution is 2.33. The zero-order valence-corrected chi connectivity index (χ0v) is 20.6. The van der Waals surface area contributed by atoms with Gasteiger partial charge >= 0.3 is 0 Å². The minimum absolute atomic E-state index is 0.0936. The fourth-order valence-electron chi connectivity index (χ4n) is 3.22. The third kappa shape index (κ3) is 7.12. The summed E-state index contributed by atoms with van der Waals surface area (Å²) in [7, 11) is -3.97. The maximum Gasteiger partial charge on any atom is 0.266 e. The molecule has 0 fully saturated rings. The molecule has 0 atom stereocenters. The van der Waals surface area contributed by atoms with Crippen LogP contribution in [0.25, 0.3) is 22.6 Å². The topological polar surface area (TPSA) is 192 Å². The number of rotatable bonds is 11.